The third kappa shape index (κ3) is 4.71. The summed E-state index contributed by atoms with van der Waals surface area (Å²) >= 11 is 0. The summed E-state index contributed by atoms with van der Waals surface area (Å²) in [7, 11) is 0. The highest BCUT2D eigenvalue weighted by atomic mass is 16.7. The van der Waals surface area contributed by atoms with E-state index in [1.54, 1.807) is 30.3 Å². The van der Waals surface area contributed by atoms with Crippen LogP contribution in [0, 0.1) is 0 Å². The van der Waals surface area contributed by atoms with Crippen molar-refractivity contribution >= 4 is 5.97 Å². The molecule has 1 fully saturated rings. The summed E-state index contributed by atoms with van der Waals surface area (Å²) < 4.78 is 16.3. The zero-order valence-electron chi connectivity index (χ0n) is 14.5. The molecule has 2 aromatic rings. The van der Waals surface area contributed by atoms with Gasteiger partial charge in [-0.15, -0.1) is 0 Å². The molecule has 7 heteroatoms. The van der Waals surface area contributed by atoms with Gasteiger partial charge in [0.15, 0.2) is 12.4 Å². The number of hydrogen-bond donors (Lipinski definition) is 3. The molecule has 0 radical (unpaired) electrons. The second-order valence-corrected chi connectivity index (χ2v) is 6.24. The van der Waals surface area contributed by atoms with Crippen molar-refractivity contribution in [2.45, 2.75) is 37.3 Å². The van der Waals surface area contributed by atoms with E-state index in [-0.39, 0.29) is 6.61 Å². The highest BCUT2D eigenvalue weighted by Crippen LogP contribution is 2.26. The lowest BCUT2D eigenvalue weighted by molar-refractivity contribution is -0.297. The molecule has 0 bridgehead atoms. The Bertz CT molecular complexity index is 722. The fraction of sp³-hybridized carbons (Fsp3) is 0.350. The first-order valence-corrected chi connectivity index (χ1v) is 8.64. The van der Waals surface area contributed by atoms with Crippen molar-refractivity contribution in [3.63, 3.8) is 0 Å². The average Bonchev–Trinajstić information content (AvgIpc) is 2.71. The van der Waals surface area contributed by atoms with Gasteiger partial charge in [0.1, 0.15) is 18.3 Å². The van der Waals surface area contributed by atoms with Gasteiger partial charge in [-0.25, -0.2) is 4.79 Å². The van der Waals surface area contributed by atoms with E-state index in [0.29, 0.717) is 5.56 Å². The van der Waals surface area contributed by atoms with E-state index in [9.17, 15) is 20.1 Å². The molecule has 5 atom stereocenters. The predicted octanol–water partition coefficient (Wildman–Crippen LogP) is 0.868. The number of carbonyl (C=O) groups excluding carboxylic acids is 1. The SMILES string of the molecule is O=C(O[C@H]1[C@H](O)[C@@H](CO)O[C@H](O)[C@@H]1OCc1ccccc1)c1ccccc1. The fourth-order valence-electron chi connectivity index (χ4n) is 2.90. The molecule has 2 aromatic carbocycles. The van der Waals surface area contributed by atoms with E-state index in [4.69, 9.17) is 14.2 Å². The summed E-state index contributed by atoms with van der Waals surface area (Å²) in [5, 5.41) is 30.1. The molecule has 3 N–H and O–H groups in total. The van der Waals surface area contributed by atoms with Crippen LogP contribution in [0.3, 0.4) is 0 Å². The van der Waals surface area contributed by atoms with E-state index < -0.39 is 43.3 Å². The third-order valence-electron chi connectivity index (χ3n) is 4.35. The molecule has 0 aliphatic carbocycles. The predicted molar refractivity (Wildman–Crippen MR) is 94.6 cm³/mol. The van der Waals surface area contributed by atoms with Crippen molar-refractivity contribution in [2.75, 3.05) is 6.61 Å². The molecule has 1 aliphatic heterocycles. The van der Waals surface area contributed by atoms with Gasteiger partial charge in [0.25, 0.3) is 0 Å². The highest BCUT2D eigenvalue weighted by Gasteiger charge is 2.47. The summed E-state index contributed by atoms with van der Waals surface area (Å²) in [6, 6.07) is 17.5. The van der Waals surface area contributed by atoms with Gasteiger partial charge in [-0.2, -0.15) is 0 Å². The Morgan fingerprint density at radius 2 is 1.59 bits per heavy atom. The Balaban J connectivity index is 1.76. The van der Waals surface area contributed by atoms with Crippen LogP contribution in [0.5, 0.6) is 0 Å². The van der Waals surface area contributed by atoms with Crippen LogP contribution in [0.15, 0.2) is 60.7 Å². The lowest BCUT2D eigenvalue weighted by Crippen LogP contribution is -2.60. The smallest absolute Gasteiger partial charge is 0.338 e. The number of benzene rings is 2. The number of carbonyl (C=O) groups is 1. The van der Waals surface area contributed by atoms with Gasteiger partial charge >= 0.3 is 5.97 Å². The van der Waals surface area contributed by atoms with Gasteiger partial charge in [0.05, 0.1) is 18.8 Å². The van der Waals surface area contributed by atoms with Crippen LogP contribution in [0.2, 0.25) is 0 Å². The Morgan fingerprint density at radius 3 is 2.22 bits per heavy atom. The summed E-state index contributed by atoms with van der Waals surface area (Å²) in [6.07, 6.45) is -6.24. The van der Waals surface area contributed by atoms with Gasteiger partial charge in [0.2, 0.25) is 0 Å². The molecule has 3 rings (SSSR count). The van der Waals surface area contributed by atoms with E-state index in [1.165, 1.54) is 0 Å². The Kier molecular flexibility index (Phi) is 6.54. The van der Waals surface area contributed by atoms with Crippen molar-refractivity contribution in [3.05, 3.63) is 71.8 Å². The first-order chi connectivity index (χ1) is 13.1. The molecule has 1 aliphatic rings. The van der Waals surface area contributed by atoms with Crippen LogP contribution < -0.4 is 0 Å². The Labute approximate surface area is 156 Å². The molecule has 0 saturated carbocycles. The molecular formula is C20H22O7. The highest BCUT2D eigenvalue weighted by molar-refractivity contribution is 5.89. The maximum atomic E-state index is 12.4. The van der Waals surface area contributed by atoms with Crippen LogP contribution >= 0.6 is 0 Å². The zero-order chi connectivity index (χ0) is 19.2. The van der Waals surface area contributed by atoms with Crippen LogP contribution in [0.1, 0.15) is 15.9 Å². The van der Waals surface area contributed by atoms with Gasteiger partial charge in [-0.05, 0) is 17.7 Å². The molecule has 1 saturated heterocycles. The molecule has 0 amide bonds. The fourth-order valence-corrected chi connectivity index (χ4v) is 2.90. The maximum Gasteiger partial charge on any atom is 0.338 e. The molecule has 0 aromatic heterocycles. The first kappa shape index (κ1) is 19.5. The second-order valence-electron chi connectivity index (χ2n) is 6.24. The summed E-state index contributed by atoms with van der Waals surface area (Å²) in [6.45, 7) is -0.412. The summed E-state index contributed by atoms with van der Waals surface area (Å²) in [4.78, 5) is 12.4. The number of aliphatic hydroxyl groups excluding tert-OH is 3. The van der Waals surface area contributed by atoms with E-state index in [1.807, 2.05) is 30.3 Å². The molecule has 144 valence electrons. The molecule has 0 spiro atoms. The third-order valence-corrected chi connectivity index (χ3v) is 4.35. The van der Waals surface area contributed by atoms with Crippen molar-refractivity contribution < 1.29 is 34.3 Å². The lowest BCUT2D eigenvalue weighted by Gasteiger charge is -2.41. The van der Waals surface area contributed by atoms with Gasteiger partial charge in [0, 0.05) is 0 Å². The molecule has 7 nitrogen and oxygen atoms in total. The number of hydrogen-bond acceptors (Lipinski definition) is 7. The number of rotatable bonds is 6. The van der Waals surface area contributed by atoms with Crippen LogP contribution in [0.4, 0.5) is 0 Å². The standard InChI is InChI=1S/C20H22O7/c21-11-15-16(22)17(27-19(23)14-9-5-2-6-10-14)18(20(24)26-15)25-12-13-7-3-1-4-8-13/h1-10,15-18,20-22,24H,11-12H2/t15-,16-,17+,18-,20+/m1/s1. The van der Waals surface area contributed by atoms with Gasteiger partial charge in [-0.1, -0.05) is 48.5 Å². The molecule has 0 unspecified atom stereocenters. The van der Waals surface area contributed by atoms with Crippen molar-refractivity contribution in [1.29, 1.82) is 0 Å². The monoisotopic (exact) mass is 374 g/mol. The number of esters is 1. The lowest BCUT2D eigenvalue weighted by atomic mass is 9.98. The number of ether oxygens (including phenoxy) is 3. The summed E-state index contributed by atoms with van der Waals surface area (Å²) in [5.74, 6) is -0.668. The van der Waals surface area contributed by atoms with Crippen LogP contribution in [-0.2, 0) is 20.8 Å². The topological polar surface area (TPSA) is 105 Å². The van der Waals surface area contributed by atoms with Gasteiger partial charge in [-0.3, -0.25) is 0 Å². The Hall–Kier alpha value is -2.29. The average molecular weight is 374 g/mol. The minimum Gasteiger partial charge on any atom is -0.453 e. The Morgan fingerprint density at radius 1 is 0.963 bits per heavy atom. The first-order valence-electron chi connectivity index (χ1n) is 8.64. The largest absolute Gasteiger partial charge is 0.453 e. The number of aliphatic hydroxyl groups is 3. The van der Waals surface area contributed by atoms with E-state index >= 15 is 0 Å². The van der Waals surface area contributed by atoms with Crippen LogP contribution in [-0.4, -0.2) is 58.6 Å². The summed E-state index contributed by atoms with van der Waals surface area (Å²) in [5.41, 5.74) is 1.14. The van der Waals surface area contributed by atoms with Crippen molar-refractivity contribution in [2.24, 2.45) is 0 Å². The van der Waals surface area contributed by atoms with Crippen molar-refractivity contribution in [1.82, 2.24) is 0 Å². The van der Waals surface area contributed by atoms with Gasteiger partial charge < -0.3 is 29.5 Å². The zero-order valence-corrected chi connectivity index (χ0v) is 14.5. The molecular weight excluding hydrogens is 352 g/mol. The van der Waals surface area contributed by atoms with E-state index in [2.05, 4.69) is 0 Å². The van der Waals surface area contributed by atoms with E-state index in [0.717, 1.165) is 5.56 Å². The van der Waals surface area contributed by atoms with Crippen molar-refractivity contribution in [3.8, 4) is 0 Å². The minimum absolute atomic E-state index is 0.127. The molecule has 1 heterocycles. The minimum atomic E-state index is -1.47. The molecule has 27 heavy (non-hydrogen) atoms. The normalized spacial score (nSPS) is 27.9. The quantitative estimate of drug-likeness (QED) is 0.644. The van der Waals surface area contributed by atoms with Crippen LogP contribution in [0.25, 0.3) is 0 Å². The second kappa shape index (κ2) is 9.07. The maximum absolute atomic E-state index is 12.4.